The summed E-state index contributed by atoms with van der Waals surface area (Å²) in [6, 6.07) is 0. The number of rotatable bonds is 4. The van der Waals surface area contributed by atoms with Gasteiger partial charge >= 0.3 is 12.2 Å². The lowest BCUT2D eigenvalue weighted by Gasteiger charge is -2.36. The van der Waals surface area contributed by atoms with Gasteiger partial charge in [-0.25, -0.2) is 14.5 Å². The van der Waals surface area contributed by atoms with Gasteiger partial charge in [-0.15, -0.1) is 0 Å². The molecule has 3 aliphatic heterocycles. The molecule has 2 saturated heterocycles. The summed E-state index contributed by atoms with van der Waals surface area (Å²) in [7, 11) is 0. The first-order valence-electron chi connectivity index (χ1n) is 11.1. The lowest BCUT2D eigenvalue weighted by molar-refractivity contribution is 0.0113. The average Bonchev–Trinajstić information content (AvgIpc) is 3.13. The van der Waals surface area contributed by atoms with Crippen molar-refractivity contribution in [2.45, 2.75) is 45.3 Å². The fourth-order valence-corrected chi connectivity index (χ4v) is 3.91. The Balaban J connectivity index is 1.26. The van der Waals surface area contributed by atoms with E-state index < -0.39 is 11.7 Å². The molecule has 9 heteroatoms. The van der Waals surface area contributed by atoms with Crippen LogP contribution in [0.4, 0.5) is 9.59 Å². The first kappa shape index (κ1) is 22.3. The van der Waals surface area contributed by atoms with Crippen molar-refractivity contribution < 1.29 is 28.5 Å². The lowest BCUT2D eigenvalue weighted by Crippen LogP contribution is -2.51. The summed E-state index contributed by atoms with van der Waals surface area (Å²) in [5.74, 6) is 0.946. The second-order valence-corrected chi connectivity index (χ2v) is 9.22. The third-order valence-electron chi connectivity index (χ3n) is 5.51. The standard InChI is InChI=1S/C23H31N3O6/c1-23(2,3)32-21(27)25-11-9-24(10-12-25)13-18-14-26(22(28)30-18)20-16-29-15-19(31-20)17-7-5-4-6-8-17/h4-5,7,15-16,18H,6,8-14H2,1-3H3/t18-/m1/s1. The fraction of sp³-hybridized carbons (Fsp3) is 0.565. The number of allylic oxidation sites excluding steroid dienone is 4. The highest BCUT2D eigenvalue weighted by Crippen LogP contribution is 2.29. The van der Waals surface area contributed by atoms with Crippen LogP contribution in [0.1, 0.15) is 33.6 Å². The van der Waals surface area contributed by atoms with Gasteiger partial charge < -0.3 is 23.8 Å². The molecule has 0 aromatic heterocycles. The van der Waals surface area contributed by atoms with Crippen molar-refractivity contribution in [2.24, 2.45) is 0 Å². The Morgan fingerprint density at radius 1 is 1.19 bits per heavy atom. The molecule has 4 rings (SSSR count). The van der Waals surface area contributed by atoms with Crippen molar-refractivity contribution in [1.82, 2.24) is 14.7 Å². The molecule has 32 heavy (non-hydrogen) atoms. The van der Waals surface area contributed by atoms with Gasteiger partial charge in [-0.3, -0.25) is 4.90 Å². The van der Waals surface area contributed by atoms with Crippen molar-refractivity contribution in [3.63, 3.8) is 0 Å². The minimum atomic E-state index is -0.505. The number of nitrogens with zero attached hydrogens (tertiary/aromatic N) is 3. The topological polar surface area (TPSA) is 80.8 Å². The third kappa shape index (κ3) is 5.45. The first-order valence-corrected chi connectivity index (χ1v) is 11.1. The molecule has 0 unspecified atom stereocenters. The summed E-state index contributed by atoms with van der Waals surface area (Å²) < 4.78 is 22.4. The van der Waals surface area contributed by atoms with Gasteiger partial charge in [0.15, 0.2) is 12.0 Å². The van der Waals surface area contributed by atoms with Crippen LogP contribution in [0.3, 0.4) is 0 Å². The van der Waals surface area contributed by atoms with Gasteiger partial charge in [-0.2, -0.15) is 0 Å². The Morgan fingerprint density at radius 3 is 2.66 bits per heavy atom. The molecule has 174 valence electrons. The van der Waals surface area contributed by atoms with Crippen LogP contribution in [0.25, 0.3) is 0 Å². The summed E-state index contributed by atoms with van der Waals surface area (Å²) >= 11 is 0. The van der Waals surface area contributed by atoms with Crippen molar-refractivity contribution >= 4 is 12.2 Å². The van der Waals surface area contributed by atoms with Crippen LogP contribution in [0, 0.1) is 0 Å². The van der Waals surface area contributed by atoms with Crippen LogP contribution >= 0.6 is 0 Å². The number of ether oxygens (including phenoxy) is 4. The van der Waals surface area contributed by atoms with Gasteiger partial charge in [0.25, 0.3) is 0 Å². The highest BCUT2D eigenvalue weighted by molar-refractivity contribution is 5.72. The zero-order valence-corrected chi connectivity index (χ0v) is 18.9. The average molecular weight is 446 g/mol. The summed E-state index contributed by atoms with van der Waals surface area (Å²) in [4.78, 5) is 30.1. The van der Waals surface area contributed by atoms with E-state index in [1.54, 1.807) is 11.2 Å². The number of amides is 2. The molecule has 0 saturated carbocycles. The molecule has 0 bridgehead atoms. The quantitative estimate of drug-likeness (QED) is 0.657. The molecule has 1 aliphatic carbocycles. The number of carbonyl (C=O) groups is 2. The van der Waals surface area contributed by atoms with Gasteiger partial charge in [0.2, 0.25) is 5.88 Å². The number of carbonyl (C=O) groups excluding carboxylic acids is 2. The van der Waals surface area contributed by atoms with Gasteiger partial charge in [0.1, 0.15) is 18.0 Å². The number of hydrogen-bond acceptors (Lipinski definition) is 7. The van der Waals surface area contributed by atoms with Gasteiger partial charge in [0, 0.05) is 32.7 Å². The van der Waals surface area contributed by atoms with E-state index in [0.717, 1.165) is 18.4 Å². The van der Waals surface area contributed by atoms with Crippen LogP contribution in [-0.4, -0.2) is 77.9 Å². The Morgan fingerprint density at radius 2 is 1.97 bits per heavy atom. The van der Waals surface area contributed by atoms with Gasteiger partial charge in [0.05, 0.1) is 6.54 Å². The van der Waals surface area contributed by atoms with Crippen LogP contribution in [-0.2, 0) is 18.9 Å². The van der Waals surface area contributed by atoms with Crippen LogP contribution in [0.5, 0.6) is 0 Å². The Labute approximate surface area is 188 Å². The maximum atomic E-state index is 12.5. The molecule has 0 N–H and O–H groups in total. The summed E-state index contributed by atoms with van der Waals surface area (Å²) in [5.41, 5.74) is 0.527. The minimum absolute atomic E-state index is 0.286. The van der Waals surface area contributed by atoms with Crippen molar-refractivity contribution in [3.8, 4) is 0 Å². The van der Waals surface area contributed by atoms with E-state index in [9.17, 15) is 9.59 Å². The molecule has 9 nitrogen and oxygen atoms in total. The van der Waals surface area contributed by atoms with E-state index in [1.807, 2.05) is 32.9 Å². The number of piperazine rings is 1. The van der Waals surface area contributed by atoms with E-state index in [-0.39, 0.29) is 12.2 Å². The second-order valence-electron chi connectivity index (χ2n) is 9.22. The normalized spacial score (nSPS) is 24.2. The Bertz CT molecular complexity index is 861. The molecule has 2 fully saturated rings. The van der Waals surface area contributed by atoms with Crippen LogP contribution < -0.4 is 0 Å². The molecule has 0 aromatic carbocycles. The summed E-state index contributed by atoms with van der Waals surface area (Å²) in [6.07, 6.45) is 9.84. The predicted octanol–water partition coefficient (Wildman–Crippen LogP) is 3.32. The van der Waals surface area contributed by atoms with E-state index in [0.29, 0.717) is 50.9 Å². The second kappa shape index (κ2) is 9.28. The molecular formula is C23H31N3O6. The van der Waals surface area contributed by atoms with Crippen molar-refractivity contribution in [3.05, 3.63) is 48.0 Å². The van der Waals surface area contributed by atoms with E-state index in [2.05, 4.69) is 11.0 Å². The fourth-order valence-electron chi connectivity index (χ4n) is 3.91. The third-order valence-corrected chi connectivity index (χ3v) is 5.51. The molecule has 4 aliphatic rings. The Kier molecular flexibility index (Phi) is 6.45. The largest absolute Gasteiger partial charge is 0.463 e. The van der Waals surface area contributed by atoms with E-state index in [4.69, 9.17) is 18.9 Å². The SMILES string of the molecule is CC(C)(C)OC(=O)N1CCN(C[C@@H]2CN(C3=COC=C(C4=CC=CCC4)O3)C(=O)O2)CC1. The highest BCUT2D eigenvalue weighted by Gasteiger charge is 2.38. The van der Waals surface area contributed by atoms with Gasteiger partial charge in [-0.1, -0.05) is 18.2 Å². The molecule has 2 amide bonds. The zero-order chi connectivity index (χ0) is 22.7. The molecule has 0 aromatic rings. The van der Waals surface area contributed by atoms with Crippen molar-refractivity contribution in [2.75, 3.05) is 39.3 Å². The first-order chi connectivity index (χ1) is 15.3. The smallest absolute Gasteiger partial charge is 0.417 e. The highest BCUT2D eigenvalue weighted by atomic mass is 16.6. The van der Waals surface area contributed by atoms with Crippen LogP contribution in [0.15, 0.2) is 48.0 Å². The maximum absolute atomic E-state index is 12.5. The number of hydrogen-bond donors (Lipinski definition) is 0. The predicted molar refractivity (Wildman–Crippen MR) is 116 cm³/mol. The summed E-state index contributed by atoms with van der Waals surface area (Å²) in [6.45, 7) is 9.12. The van der Waals surface area contributed by atoms with Gasteiger partial charge in [-0.05, 0) is 39.2 Å². The summed E-state index contributed by atoms with van der Waals surface area (Å²) in [5, 5.41) is 0. The Hall–Kier alpha value is -2.94. The zero-order valence-electron chi connectivity index (χ0n) is 18.9. The molecule has 1 atom stereocenters. The van der Waals surface area contributed by atoms with E-state index >= 15 is 0 Å². The van der Waals surface area contributed by atoms with E-state index in [1.165, 1.54) is 11.2 Å². The van der Waals surface area contributed by atoms with Crippen LogP contribution in [0.2, 0.25) is 0 Å². The molecule has 3 heterocycles. The monoisotopic (exact) mass is 445 g/mol. The minimum Gasteiger partial charge on any atom is -0.463 e. The number of cyclic esters (lactones) is 1. The molecule has 0 radical (unpaired) electrons. The maximum Gasteiger partial charge on any atom is 0.417 e. The lowest BCUT2D eigenvalue weighted by atomic mass is 10.0. The molecular weight excluding hydrogens is 414 g/mol. The van der Waals surface area contributed by atoms with Crippen molar-refractivity contribution in [1.29, 1.82) is 0 Å². The molecule has 0 spiro atoms.